The molecule has 2 aromatic rings. The van der Waals surface area contributed by atoms with Crippen molar-refractivity contribution < 1.29 is 18.7 Å². The van der Waals surface area contributed by atoms with E-state index in [1.807, 2.05) is 0 Å². The molecule has 5 heteroatoms. The molecule has 3 rings (SSSR count). The topological polar surface area (TPSA) is 40.5 Å². The minimum absolute atomic E-state index is 0.362. The number of nitrogens with zero attached hydrogens (tertiary/aromatic N) is 1. The van der Waals surface area contributed by atoms with Crippen molar-refractivity contribution in [1.29, 1.82) is 0 Å². The second-order valence-corrected chi connectivity index (χ2v) is 5.26. The van der Waals surface area contributed by atoms with E-state index in [4.69, 9.17) is 0 Å². The number of benzene rings is 2. The predicted molar refractivity (Wildman–Crippen MR) is 77.2 cm³/mol. The highest BCUT2D eigenvalue weighted by Gasteiger charge is 2.65. The third kappa shape index (κ3) is 2.18. The largest absolute Gasteiger partial charge is 0.394 e. The minimum Gasteiger partial charge on any atom is -0.394 e. The molecular weight excluding hydrogens is 288 g/mol. The highest BCUT2D eigenvalue weighted by atomic mass is 19.3. The maximum atomic E-state index is 14.1. The van der Waals surface area contributed by atoms with Gasteiger partial charge in [-0.1, -0.05) is 60.7 Å². The summed E-state index contributed by atoms with van der Waals surface area (Å²) in [5, 5.41) is 9.63. The van der Waals surface area contributed by atoms with Gasteiger partial charge >= 0.3 is 5.92 Å². The van der Waals surface area contributed by atoms with Gasteiger partial charge in [0.1, 0.15) is 6.04 Å². The predicted octanol–water partition coefficient (Wildman–Crippen LogP) is 2.94. The second-order valence-electron chi connectivity index (χ2n) is 5.26. The number of carbonyl (C=O) groups is 1. The Morgan fingerprint density at radius 1 is 1.05 bits per heavy atom. The molecule has 0 saturated carbocycles. The quantitative estimate of drug-likeness (QED) is 0.882. The number of amides is 1. The van der Waals surface area contributed by atoms with E-state index >= 15 is 0 Å². The van der Waals surface area contributed by atoms with Crippen LogP contribution in [0.3, 0.4) is 0 Å². The highest BCUT2D eigenvalue weighted by molar-refractivity contribution is 5.92. The number of rotatable bonds is 4. The van der Waals surface area contributed by atoms with Crippen molar-refractivity contribution >= 4 is 5.91 Å². The number of alkyl halides is 2. The van der Waals surface area contributed by atoms with E-state index in [2.05, 4.69) is 0 Å². The fourth-order valence-corrected chi connectivity index (χ4v) is 2.87. The Morgan fingerprint density at radius 3 is 2.14 bits per heavy atom. The molecule has 3 nitrogen and oxygen atoms in total. The smallest absolute Gasteiger partial charge is 0.348 e. The van der Waals surface area contributed by atoms with Gasteiger partial charge in [-0.05, 0) is 11.1 Å². The first-order valence-electron chi connectivity index (χ1n) is 6.98. The molecule has 114 valence electrons. The average molecular weight is 303 g/mol. The standard InChI is InChI=1S/C17H15F2NO2/c18-17(19)15(13-9-5-2-6-10-13)20(16(17)22)14(11-21)12-7-3-1-4-8-12/h1-10,14-15,21H,11H2/t14-,15+/m1/s1. The number of carbonyl (C=O) groups excluding carboxylic acids is 1. The maximum absolute atomic E-state index is 14.1. The first-order valence-corrected chi connectivity index (χ1v) is 6.98. The van der Waals surface area contributed by atoms with Crippen molar-refractivity contribution in [3.8, 4) is 0 Å². The lowest BCUT2D eigenvalue weighted by Gasteiger charge is -2.50. The second kappa shape index (κ2) is 5.50. The van der Waals surface area contributed by atoms with Gasteiger partial charge < -0.3 is 10.0 Å². The Bertz CT molecular complexity index is 661. The van der Waals surface area contributed by atoms with Crippen molar-refractivity contribution in [2.75, 3.05) is 6.61 Å². The molecule has 2 aromatic carbocycles. The van der Waals surface area contributed by atoms with Crippen LogP contribution in [0.4, 0.5) is 8.78 Å². The van der Waals surface area contributed by atoms with Crippen molar-refractivity contribution in [2.24, 2.45) is 0 Å². The summed E-state index contributed by atoms with van der Waals surface area (Å²) in [6.45, 7) is -0.408. The molecule has 2 atom stereocenters. The van der Waals surface area contributed by atoms with Crippen LogP contribution in [-0.4, -0.2) is 28.4 Å². The summed E-state index contributed by atoms with van der Waals surface area (Å²) < 4.78 is 28.1. The SMILES string of the molecule is O=C1N([C@H](CO)c2ccccc2)[C@@H](c2ccccc2)C1(F)F. The molecule has 0 spiro atoms. The van der Waals surface area contributed by atoms with Crippen LogP contribution in [0.5, 0.6) is 0 Å². The Morgan fingerprint density at radius 2 is 1.59 bits per heavy atom. The van der Waals surface area contributed by atoms with Gasteiger partial charge in [-0.3, -0.25) is 4.79 Å². The third-order valence-electron chi connectivity index (χ3n) is 3.95. The van der Waals surface area contributed by atoms with Crippen LogP contribution in [0.1, 0.15) is 23.2 Å². The number of hydrogen-bond acceptors (Lipinski definition) is 2. The van der Waals surface area contributed by atoms with Gasteiger partial charge in [-0.15, -0.1) is 0 Å². The minimum atomic E-state index is -3.44. The first-order chi connectivity index (χ1) is 10.6. The molecule has 1 fully saturated rings. The van der Waals surface area contributed by atoms with Crippen molar-refractivity contribution in [3.05, 3.63) is 71.8 Å². The maximum Gasteiger partial charge on any atom is 0.348 e. The van der Waals surface area contributed by atoms with Gasteiger partial charge in [0.2, 0.25) is 0 Å². The van der Waals surface area contributed by atoms with Crippen LogP contribution in [0, 0.1) is 0 Å². The number of halogens is 2. The van der Waals surface area contributed by atoms with Crippen LogP contribution >= 0.6 is 0 Å². The zero-order valence-corrected chi connectivity index (χ0v) is 11.7. The van der Waals surface area contributed by atoms with Gasteiger partial charge in [-0.2, -0.15) is 8.78 Å². The molecule has 1 saturated heterocycles. The van der Waals surface area contributed by atoms with Crippen molar-refractivity contribution in [3.63, 3.8) is 0 Å². The Hall–Kier alpha value is -2.27. The normalized spacial score (nSPS) is 21.3. The number of hydrogen-bond donors (Lipinski definition) is 1. The van der Waals surface area contributed by atoms with Crippen molar-refractivity contribution in [1.82, 2.24) is 4.90 Å². The lowest BCUT2D eigenvalue weighted by molar-refractivity contribution is -0.215. The van der Waals surface area contributed by atoms with E-state index in [1.165, 1.54) is 0 Å². The Labute approximate surface area is 126 Å². The first kappa shape index (κ1) is 14.7. The van der Waals surface area contributed by atoms with E-state index in [1.54, 1.807) is 60.7 Å². The summed E-state index contributed by atoms with van der Waals surface area (Å²) in [5.74, 6) is -4.69. The number of β-lactam (4-membered cyclic amide) rings is 1. The van der Waals surface area contributed by atoms with Gasteiger partial charge in [0, 0.05) is 0 Å². The van der Waals surface area contributed by atoms with Crippen LogP contribution in [0.15, 0.2) is 60.7 Å². The Kier molecular flexibility index (Phi) is 3.66. The molecule has 1 N–H and O–H groups in total. The highest BCUT2D eigenvalue weighted by Crippen LogP contribution is 2.51. The summed E-state index contributed by atoms with van der Waals surface area (Å²) in [7, 11) is 0. The van der Waals surface area contributed by atoms with E-state index < -0.39 is 30.5 Å². The van der Waals surface area contributed by atoms with E-state index in [0.717, 1.165) is 4.90 Å². The third-order valence-corrected chi connectivity index (χ3v) is 3.95. The molecule has 1 aliphatic heterocycles. The van der Waals surface area contributed by atoms with Crippen LogP contribution in [0.2, 0.25) is 0 Å². The summed E-state index contributed by atoms with van der Waals surface area (Å²) in [6, 6.07) is 14.8. The number of aliphatic hydroxyl groups is 1. The van der Waals surface area contributed by atoms with E-state index in [0.29, 0.717) is 11.1 Å². The zero-order valence-electron chi connectivity index (χ0n) is 11.7. The molecular formula is C17H15F2NO2. The van der Waals surface area contributed by atoms with Crippen LogP contribution in [0.25, 0.3) is 0 Å². The zero-order chi connectivity index (χ0) is 15.7. The molecule has 0 unspecified atom stereocenters. The molecule has 0 radical (unpaired) electrons. The van der Waals surface area contributed by atoms with E-state index in [9.17, 15) is 18.7 Å². The summed E-state index contributed by atoms with van der Waals surface area (Å²) in [6.07, 6.45) is 0. The lowest BCUT2D eigenvalue weighted by Crippen LogP contribution is -2.64. The van der Waals surface area contributed by atoms with Gasteiger partial charge in [0.15, 0.2) is 0 Å². The van der Waals surface area contributed by atoms with Crippen molar-refractivity contribution in [2.45, 2.75) is 18.0 Å². The molecule has 1 amide bonds. The van der Waals surface area contributed by atoms with Crippen LogP contribution < -0.4 is 0 Å². The molecule has 1 aliphatic rings. The van der Waals surface area contributed by atoms with E-state index in [-0.39, 0.29) is 0 Å². The van der Waals surface area contributed by atoms with Gasteiger partial charge in [0.05, 0.1) is 12.6 Å². The Balaban J connectivity index is 1.99. The number of aliphatic hydroxyl groups excluding tert-OH is 1. The van der Waals surface area contributed by atoms with Gasteiger partial charge in [0.25, 0.3) is 5.91 Å². The number of likely N-dealkylation sites (tertiary alicyclic amines) is 1. The average Bonchev–Trinajstić information content (AvgIpc) is 2.56. The summed E-state index contributed by atoms with van der Waals surface area (Å²) in [4.78, 5) is 13.0. The fraction of sp³-hybridized carbons (Fsp3) is 0.235. The fourth-order valence-electron chi connectivity index (χ4n) is 2.87. The molecule has 1 heterocycles. The molecule has 0 bridgehead atoms. The summed E-state index contributed by atoms with van der Waals surface area (Å²) >= 11 is 0. The van der Waals surface area contributed by atoms with Gasteiger partial charge in [-0.25, -0.2) is 0 Å². The molecule has 0 aromatic heterocycles. The van der Waals surface area contributed by atoms with Crippen LogP contribution in [-0.2, 0) is 4.79 Å². The lowest BCUT2D eigenvalue weighted by atomic mass is 9.86. The molecule has 0 aliphatic carbocycles. The summed E-state index contributed by atoms with van der Waals surface area (Å²) in [5.41, 5.74) is 0.997. The monoisotopic (exact) mass is 303 g/mol. The molecule has 22 heavy (non-hydrogen) atoms.